The molecule has 1 aromatic carbocycles. The summed E-state index contributed by atoms with van der Waals surface area (Å²) in [5, 5.41) is 2.00. The minimum Gasteiger partial charge on any atom is -0.329 e. The molecule has 1 N–H and O–H groups in total. The first-order chi connectivity index (χ1) is 12.7. The van der Waals surface area contributed by atoms with Crippen molar-refractivity contribution in [3.8, 4) is 0 Å². The summed E-state index contributed by atoms with van der Waals surface area (Å²) in [6.45, 7) is 12.9. The molecule has 0 saturated heterocycles. The Morgan fingerprint density at radius 3 is 1.81 bits per heavy atom. The summed E-state index contributed by atoms with van der Waals surface area (Å²) in [6, 6.07) is 2.22. The Morgan fingerprint density at radius 2 is 1.48 bits per heavy atom. The van der Waals surface area contributed by atoms with Crippen molar-refractivity contribution in [1.82, 2.24) is 0 Å². The second-order valence-corrected chi connectivity index (χ2v) is 6.51. The Bertz CT molecular complexity index is 542. The van der Waals surface area contributed by atoms with Crippen LogP contribution >= 0.6 is 0 Å². The summed E-state index contributed by atoms with van der Waals surface area (Å²) in [5.41, 5.74) is -1.50. The van der Waals surface area contributed by atoms with Crippen LogP contribution in [0.5, 0.6) is 0 Å². The lowest BCUT2D eigenvalue weighted by Crippen LogP contribution is -2.15. The minimum absolute atomic E-state index is 0.103. The van der Waals surface area contributed by atoms with Crippen LogP contribution in [-0.4, -0.2) is 6.41 Å². The maximum atomic E-state index is 12.7. The number of hydrogen-bond donors (Lipinski definition) is 1. The van der Waals surface area contributed by atoms with Gasteiger partial charge in [0.15, 0.2) is 0 Å². The van der Waals surface area contributed by atoms with E-state index in [4.69, 9.17) is 0 Å². The zero-order valence-electron chi connectivity index (χ0n) is 17.2. The summed E-state index contributed by atoms with van der Waals surface area (Å²) in [4.78, 5) is 9.93. The van der Waals surface area contributed by atoms with E-state index < -0.39 is 17.6 Å². The first kappa shape index (κ1) is 25.4. The van der Waals surface area contributed by atoms with Crippen molar-refractivity contribution >= 4 is 12.1 Å². The van der Waals surface area contributed by atoms with Gasteiger partial charge in [-0.25, -0.2) is 4.39 Å². The van der Waals surface area contributed by atoms with E-state index in [1.807, 2.05) is 33.0 Å². The number of hydrogen-bond acceptors (Lipinski definition) is 1. The van der Waals surface area contributed by atoms with Crippen LogP contribution in [0.3, 0.4) is 0 Å². The molecule has 2 saturated carbocycles. The molecule has 2 bridgehead atoms. The number of carbonyl (C=O) groups excluding carboxylic acids is 1. The standard InChI is InChI=1S/C9H16.C8H5F4NO.2C2H6/c1-6-7(2)9-4-3-8(6)5-9;9-7-2-1-5(13-4-14)3-6(7)8(10,11)12;2*1-2/h6-9H,3-5H2,1-2H3;1-4H,(H,13,14);2*1-2H3. The van der Waals surface area contributed by atoms with Crippen molar-refractivity contribution in [2.75, 3.05) is 5.32 Å². The average molecular weight is 391 g/mol. The van der Waals surface area contributed by atoms with Crippen molar-refractivity contribution in [1.29, 1.82) is 0 Å². The van der Waals surface area contributed by atoms with Crippen LogP contribution in [0, 0.1) is 29.5 Å². The third kappa shape index (κ3) is 7.15. The molecule has 6 heteroatoms. The fraction of sp³-hybridized carbons (Fsp3) is 0.667. The Labute approximate surface area is 160 Å². The van der Waals surface area contributed by atoms with Crippen LogP contribution in [0.2, 0.25) is 0 Å². The second-order valence-electron chi connectivity index (χ2n) is 6.51. The highest BCUT2D eigenvalue weighted by atomic mass is 19.4. The van der Waals surface area contributed by atoms with Gasteiger partial charge >= 0.3 is 6.18 Å². The number of carbonyl (C=O) groups is 1. The smallest absolute Gasteiger partial charge is 0.329 e. The van der Waals surface area contributed by atoms with Gasteiger partial charge in [-0.3, -0.25) is 4.79 Å². The van der Waals surface area contributed by atoms with E-state index >= 15 is 0 Å². The minimum atomic E-state index is -4.76. The number of anilines is 1. The largest absolute Gasteiger partial charge is 0.419 e. The fourth-order valence-corrected chi connectivity index (χ4v) is 3.77. The van der Waals surface area contributed by atoms with Gasteiger partial charge in [-0.1, -0.05) is 41.5 Å². The summed E-state index contributed by atoms with van der Waals surface area (Å²) in [5.74, 6) is 2.96. The molecule has 2 nitrogen and oxygen atoms in total. The number of alkyl halides is 3. The first-order valence-electron chi connectivity index (χ1n) is 9.81. The molecule has 4 unspecified atom stereocenters. The fourth-order valence-electron chi connectivity index (χ4n) is 3.77. The van der Waals surface area contributed by atoms with E-state index in [9.17, 15) is 22.4 Å². The maximum absolute atomic E-state index is 12.7. The van der Waals surface area contributed by atoms with E-state index in [2.05, 4.69) is 13.8 Å². The molecule has 2 fully saturated rings. The Hall–Kier alpha value is -1.59. The molecule has 0 spiro atoms. The monoisotopic (exact) mass is 391 g/mol. The van der Waals surface area contributed by atoms with Crippen LogP contribution in [-0.2, 0) is 11.0 Å². The highest BCUT2D eigenvalue weighted by Crippen LogP contribution is 2.51. The molecule has 0 radical (unpaired) electrons. The highest BCUT2D eigenvalue weighted by Gasteiger charge is 2.42. The van der Waals surface area contributed by atoms with E-state index in [-0.39, 0.29) is 12.1 Å². The number of fused-ring (bicyclic) bond motifs is 2. The van der Waals surface area contributed by atoms with E-state index in [0.29, 0.717) is 12.1 Å². The summed E-state index contributed by atoms with van der Waals surface area (Å²) in [6.07, 6.45) is 0.0900. The van der Waals surface area contributed by atoms with Crippen LogP contribution in [0.4, 0.5) is 23.2 Å². The molecular formula is C21H33F4NO. The van der Waals surface area contributed by atoms with Gasteiger partial charge in [0.2, 0.25) is 6.41 Å². The molecule has 0 aromatic heterocycles. The molecule has 1 amide bonds. The Morgan fingerprint density at radius 1 is 1.00 bits per heavy atom. The highest BCUT2D eigenvalue weighted by molar-refractivity contribution is 5.71. The second kappa shape index (κ2) is 12.0. The van der Waals surface area contributed by atoms with Gasteiger partial charge in [-0.15, -0.1) is 0 Å². The van der Waals surface area contributed by atoms with Crippen LogP contribution < -0.4 is 5.32 Å². The molecule has 0 aliphatic heterocycles. The zero-order chi connectivity index (χ0) is 21.2. The Kier molecular flexibility index (Phi) is 11.3. The topological polar surface area (TPSA) is 29.1 Å². The predicted molar refractivity (Wildman–Crippen MR) is 103 cm³/mol. The molecule has 156 valence electrons. The summed E-state index contributed by atoms with van der Waals surface area (Å²) < 4.78 is 49.0. The van der Waals surface area contributed by atoms with E-state index in [1.54, 1.807) is 6.42 Å². The quantitative estimate of drug-likeness (QED) is 0.421. The van der Waals surface area contributed by atoms with Gasteiger partial charge in [-0.05, 0) is 61.1 Å². The number of halogens is 4. The molecule has 4 atom stereocenters. The third-order valence-electron chi connectivity index (χ3n) is 5.33. The van der Waals surface area contributed by atoms with Gasteiger partial charge in [0.05, 0.1) is 5.56 Å². The molecule has 3 rings (SSSR count). The van der Waals surface area contributed by atoms with Crippen LogP contribution in [0.1, 0.15) is 66.4 Å². The van der Waals surface area contributed by atoms with Gasteiger partial charge in [-0.2, -0.15) is 13.2 Å². The Balaban J connectivity index is 0.000000445. The van der Waals surface area contributed by atoms with Crippen molar-refractivity contribution < 1.29 is 22.4 Å². The van der Waals surface area contributed by atoms with Gasteiger partial charge in [0.25, 0.3) is 0 Å². The lowest BCUT2D eigenvalue weighted by molar-refractivity contribution is -0.140. The lowest BCUT2D eigenvalue weighted by Gasteiger charge is -2.24. The molecule has 0 heterocycles. The van der Waals surface area contributed by atoms with E-state index in [0.717, 1.165) is 29.7 Å². The molecular weight excluding hydrogens is 358 g/mol. The number of rotatable bonds is 2. The first-order valence-corrected chi connectivity index (χ1v) is 9.81. The third-order valence-corrected chi connectivity index (χ3v) is 5.33. The average Bonchev–Trinajstić information content (AvgIpc) is 3.24. The lowest BCUT2D eigenvalue weighted by atomic mass is 9.82. The van der Waals surface area contributed by atoms with Crippen LogP contribution in [0.15, 0.2) is 18.2 Å². The normalized spacial score (nSPS) is 25.1. The maximum Gasteiger partial charge on any atom is 0.419 e. The van der Waals surface area contributed by atoms with Gasteiger partial charge in [0, 0.05) is 5.69 Å². The summed E-state index contributed by atoms with van der Waals surface area (Å²) in [7, 11) is 0. The SMILES string of the molecule is CC.CC.CC1C2CCC(C2)C1C.O=CNc1ccc(F)c(C(F)(F)F)c1. The van der Waals surface area contributed by atoms with Crippen molar-refractivity contribution in [2.24, 2.45) is 23.7 Å². The van der Waals surface area contributed by atoms with Crippen molar-refractivity contribution in [3.63, 3.8) is 0 Å². The number of amides is 1. The molecule has 27 heavy (non-hydrogen) atoms. The van der Waals surface area contributed by atoms with Gasteiger partial charge < -0.3 is 5.32 Å². The zero-order valence-corrected chi connectivity index (χ0v) is 17.2. The molecule has 1 aromatic rings. The predicted octanol–water partition coefficient (Wildman–Crippen LogP) is 7.15. The molecule has 2 aliphatic rings. The van der Waals surface area contributed by atoms with E-state index in [1.165, 1.54) is 12.8 Å². The van der Waals surface area contributed by atoms with Crippen LogP contribution in [0.25, 0.3) is 0 Å². The number of benzene rings is 1. The number of nitrogens with one attached hydrogen (secondary N) is 1. The van der Waals surface area contributed by atoms with Crippen molar-refractivity contribution in [3.05, 3.63) is 29.6 Å². The summed E-state index contributed by atoms with van der Waals surface area (Å²) >= 11 is 0. The van der Waals surface area contributed by atoms with Crippen molar-refractivity contribution in [2.45, 2.75) is 67.0 Å². The molecule has 2 aliphatic carbocycles. The van der Waals surface area contributed by atoms with Gasteiger partial charge in [0.1, 0.15) is 5.82 Å².